The lowest BCUT2D eigenvalue weighted by atomic mass is 9.62. The van der Waals surface area contributed by atoms with Gasteiger partial charge in [0.25, 0.3) is 0 Å². The van der Waals surface area contributed by atoms with Crippen LogP contribution in [0.4, 0.5) is 4.39 Å². The van der Waals surface area contributed by atoms with E-state index in [4.69, 9.17) is 4.74 Å². The first-order valence-corrected chi connectivity index (χ1v) is 8.78. The Bertz CT molecular complexity index is 546. The average Bonchev–Trinajstić information content (AvgIpc) is 3.29. The minimum atomic E-state index is -0.299. The molecular weight excluding hydrogens is 279 g/mol. The molecule has 0 heterocycles. The Morgan fingerprint density at radius 3 is 2.82 bits per heavy atom. The molecule has 4 aliphatic carbocycles. The van der Waals surface area contributed by atoms with Gasteiger partial charge < -0.3 is 4.74 Å². The van der Waals surface area contributed by atoms with Crippen LogP contribution in [0.15, 0.2) is 23.0 Å². The third-order valence-corrected chi connectivity index (χ3v) is 6.42. The van der Waals surface area contributed by atoms with Crippen molar-refractivity contribution in [2.24, 2.45) is 23.2 Å². The Labute approximate surface area is 131 Å². The number of hydrogen-bond acceptors (Lipinski definition) is 2. The highest BCUT2D eigenvalue weighted by Gasteiger charge is 2.52. The Kier molecular flexibility index (Phi) is 3.52. The van der Waals surface area contributed by atoms with Gasteiger partial charge in [-0.3, -0.25) is 4.79 Å². The maximum absolute atomic E-state index is 14.0. The molecule has 120 valence electrons. The van der Waals surface area contributed by atoms with Gasteiger partial charge in [-0.2, -0.15) is 0 Å². The molecule has 3 fully saturated rings. The molecule has 0 aromatic carbocycles. The minimum absolute atomic E-state index is 0.136. The van der Waals surface area contributed by atoms with Crippen LogP contribution >= 0.6 is 0 Å². The summed E-state index contributed by atoms with van der Waals surface area (Å²) in [5.74, 6) is 1.85. The predicted octanol–water partition coefficient (Wildman–Crippen LogP) is 4.36. The summed E-state index contributed by atoms with van der Waals surface area (Å²) in [5.41, 5.74) is 1.77. The molecule has 4 atom stereocenters. The van der Waals surface area contributed by atoms with E-state index >= 15 is 0 Å². The van der Waals surface area contributed by atoms with Crippen LogP contribution in [0.5, 0.6) is 0 Å². The van der Waals surface area contributed by atoms with Crippen LogP contribution in [0.3, 0.4) is 0 Å². The smallest absolute Gasteiger partial charge is 0.152 e. The van der Waals surface area contributed by atoms with E-state index in [9.17, 15) is 9.18 Å². The van der Waals surface area contributed by atoms with E-state index in [1.807, 2.05) is 0 Å². The molecule has 0 spiro atoms. The number of halogens is 1. The van der Waals surface area contributed by atoms with Gasteiger partial charge in [-0.25, -0.2) is 4.39 Å². The highest BCUT2D eigenvalue weighted by atomic mass is 19.1. The molecule has 2 nitrogen and oxygen atoms in total. The zero-order chi connectivity index (χ0) is 15.3. The van der Waals surface area contributed by atoms with Gasteiger partial charge in [0, 0.05) is 12.0 Å². The SMILES string of the molecule is CC1CC2CCC2(COC2CC(F)=C(C=O)C=C2C2CC2)C1. The molecule has 0 N–H and O–H groups in total. The molecule has 0 bridgehead atoms. The molecule has 0 aliphatic heterocycles. The third-order valence-electron chi connectivity index (χ3n) is 6.42. The molecule has 0 saturated heterocycles. The van der Waals surface area contributed by atoms with E-state index in [-0.39, 0.29) is 23.9 Å². The largest absolute Gasteiger partial charge is 0.373 e. The summed E-state index contributed by atoms with van der Waals surface area (Å²) in [6.45, 7) is 3.12. The van der Waals surface area contributed by atoms with Crippen molar-refractivity contribution in [2.75, 3.05) is 6.61 Å². The summed E-state index contributed by atoms with van der Waals surface area (Å²) in [4.78, 5) is 11.0. The lowest BCUT2D eigenvalue weighted by molar-refractivity contribution is -0.104. The van der Waals surface area contributed by atoms with Gasteiger partial charge in [-0.05, 0) is 73.3 Å². The van der Waals surface area contributed by atoms with Crippen molar-refractivity contribution in [3.63, 3.8) is 0 Å². The van der Waals surface area contributed by atoms with Gasteiger partial charge in [-0.15, -0.1) is 0 Å². The molecule has 3 heteroatoms. The highest BCUT2D eigenvalue weighted by molar-refractivity contribution is 5.79. The summed E-state index contributed by atoms with van der Waals surface area (Å²) >= 11 is 0. The highest BCUT2D eigenvalue weighted by Crippen LogP contribution is 2.59. The number of hydrogen-bond donors (Lipinski definition) is 0. The number of carbonyl (C=O) groups is 1. The fraction of sp³-hybridized carbons (Fsp3) is 0.737. The first kappa shape index (κ1) is 14.6. The van der Waals surface area contributed by atoms with Crippen molar-refractivity contribution in [1.82, 2.24) is 0 Å². The van der Waals surface area contributed by atoms with Crippen molar-refractivity contribution in [1.29, 1.82) is 0 Å². The topological polar surface area (TPSA) is 26.3 Å². The second kappa shape index (κ2) is 5.30. The van der Waals surface area contributed by atoms with Gasteiger partial charge in [0.15, 0.2) is 6.29 Å². The monoisotopic (exact) mass is 304 g/mol. The summed E-state index contributed by atoms with van der Waals surface area (Å²) < 4.78 is 20.3. The van der Waals surface area contributed by atoms with Crippen LogP contribution in [-0.2, 0) is 9.53 Å². The Balaban J connectivity index is 1.46. The Hall–Kier alpha value is -0.960. The van der Waals surface area contributed by atoms with Gasteiger partial charge in [0.2, 0.25) is 0 Å². The fourth-order valence-electron chi connectivity index (χ4n) is 4.97. The number of allylic oxidation sites excluding steroid dienone is 2. The minimum Gasteiger partial charge on any atom is -0.373 e. The van der Waals surface area contributed by atoms with Crippen LogP contribution in [-0.4, -0.2) is 19.0 Å². The number of ether oxygens (including phenoxy) is 1. The van der Waals surface area contributed by atoms with Crippen molar-refractivity contribution in [3.05, 3.63) is 23.0 Å². The van der Waals surface area contributed by atoms with Crippen LogP contribution in [0, 0.1) is 23.2 Å². The number of rotatable bonds is 5. The third kappa shape index (κ3) is 2.38. The molecule has 4 rings (SSSR count). The Morgan fingerprint density at radius 2 is 2.23 bits per heavy atom. The first-order valence-electron chi connectivity index (χ1n) is 8.78. The van der Waals surface area contributed by atoms with Crippen LogP contribution < -0.4 is 0 Å². The lowest BCUT2D eigenvalue weighted by Gasteiger charge is -2.46. The molecule has 3 saturated carbocycles. The predicted molar refractivity (Wildman–Crippen MR) is 82.9 cm³/mol. The van der Waals surface area contributed by atoms with E-state index in [2.05, 4.69) is 6.92 Å². The van der Waals surface area contributed by atoms with Crippen LogP contribution in [0.25, 0.3) is 0 Å². The molecular formula is C19H25FO2. The number of carbonyl (C=O) groups excluding carboxylic acids is 1. The summed E-state index contributed by atoms with van der Waals surface area (Å²) in [7, 11) is 0. The first-order chi connectivity index (χ1) is 10.6. The quantitative estimate of drug-likeness (QED) is 0.705. The van der Waals surface area contributed by atoms with E-state index in [0.29, 0.717) is 17.6 Å². The normalized spacial score (nSPS) is 41.0. The van der Waals surface area contributed by atoms with E-state index in [1.54, 1.807) is 6.08 Å². The van der Waals surface area contributed by atoms with Crippen molar-refractivity contribution < 1.29 is 13.9 Å². The van der Waals surface area contributed by atoms with Crippen LogP contribution in [0.1, 0.15) is 51.9 Å². The lowest BCUT2D eigenvalue weighted by Crippen LogP contribution is -2.41. The number of aldehydes is 1. The number of fused-ring (bicyclic) bond motifs is 1. The van der Waals surface area contributed by atoms with Gasteiger partial charge in [0.05, 0.1) is 12.7 Å². The van der Waals surface area contributed by atoms with Crippen molar-refractivity contribution in [3.8, 4) is 0 Å². The second-order valence-corrected chi connectivity index (χ2v) is 8.04. The van der Waals surface area contributed by atoms with Gasteiger partial charge in [0.1, 0.15) is 5.83 Å². The van der Waals surface area contributed by atoms with Crippen molar-refractivity contribution >= 4 is 6.29 Å². The van der Waals surface area contributed by atoms with Gasteiger partial charge in [-0.1, -0.05) is 6.92 Å². The van der Waals surface area contributed by atoms with Crippen LogP contribution in [0.2, 0.25) is 0 Å². The van der Waals surface area contributed by atoms with E-state index < -0.39 is 0 Å². The molecule has 0 aromatic rings. The van der Waals surface area contributed by atoms with E-state index in [0.717, 1.165) is 31.3 Å². The summed E-state index contributed by atoms with van der Waals surface area (Å²) in [6, 6.07) is 0. The molecule has 4 aliphatic rings. The van der Waals surface area contributed by atoms with Crippen molar-refractivity contribution in [2.45, 2.75) is 58.0 Å². The molecule has 22 heavy (non-hydrogen) atoms. The molecule has 0 aromatic heterocycles. The molecule has 4 unspecified atom stereocenters. The zero-order valence-electron chi connectivity index (χ0n) is 13.3. The zero-order valence-corrected chi connectivity index (χ0v) is 13.3. The summed E-state index contributed by atoms with van der Waals surface area (Å²) in [5, 5.41) is 0. The van der Waals surface area contributed by atoms with E-state index in [1.165, 1.54) is 31.3 Å². The average molecular weight is 304 g/mol. The fourth-order valence-corrected chi connectivity index (χ4v) is 4.97. The van der Waals surface area contributed by atoms with Gasteiger partial charge >= 0.3 is 0 Å². The summed E-state index contributed by atoms with van der Waals surface area (Å²) in [6.07, 6.45) is 10.1. The second-order valence-electron chi connectivity index (χ2n) is 8.04. The Morgan fingerprint density at radius 1 is 1.41 bits per heavy atom. The maximum Gasteiger partial charge on any atom is 0.152 e. The molecule has 0 amide bonds. The standard InChI is InChI=1S/C19H25FO2/c1-12-6-15-4-5-19(15,9-12)11-22-18-8-17(20)14(10-21)7-16(18)13-2-3-13/h7,10,12-13,15,18H,2-6,8-9,11H2,1H3. The molecule has 0 radical (unpaired) electrons. The maximum atomic E-state index is 14.0.